The molecule has 2 aromatic rings. The van der Waals surface area contributed by atoms with Crippen LogP contribution in [0.25, 0.3) is 0 Å². The quantitative estimate of drug-likeness (QED) is 0.908. The highest BCUT2D eigenvalue weighted by atomic mass is 16.2. The van der Waals surface area contributed by atoms with Crippen molar-refractivity contribution in [1.82, 2.24) is 19.9 Å². The molecule has 0 aromatic carbocycles. The topological polar surface area (TPSA) is 61.9 Å². The summed E-state index contributed by atoms with van der Waals surface area (Å²) in [5.74, 6) is 1.30. The van der Waals surface area contributed by atoms with Crippen LogP contribution in [0.5, 0.6) is 0 Å². The molecule has 3 heterocycles. The van der Waals surface area contributed by atoms with Gasteiger partial charge in [0, 0.05) is 36.6 Å². The number of aromatic nitrogens is 3. The molecule has 2 aromatic heterocycles. The number of likely N-dealkylation sites (tertiary alicyclic amines) is 1. The zero-order chi connectivity index (χ0) is 14.1. The molecule has 1 aliphatic heterocycles. The molecule has 0 radical (unpaired) electrons. The van der Waals surface area contributed by atoms with Crippen LogP contribution in [0.4, 0.5) is 0 Å². The third-order valence-electron chi connectivity index (χ3n) is 3.69. The third-order valence-corrected chi connectivity index (χ3v) is 3.69. The number of aryl methyl sites for hydroxylation is 2. The lowest BCUT2D eigenvalue weighted by molar-refractivity contribution is 0.0784. The normalized spacial score (nSPS) is 18.5. The maximum atomic E-state index is 12.4. The molecule has 20 heavy (non-hydrogen) atoms. The van der Waals surface area contributed by atoms with Crippen molar-refractivity contribution in [3.05, 3.63) is 47.3 Å². The Hall–Kier alpha value is -2.17. The molecule has 5 heteroatoms. The number of carbonyl (C=O) groups excluding carboxylic acids is 1. The lowest BCUT2D eigenvalue weighted by Crippen LogP contribution is -2.29. The van der Waals surface area contributed by atoms with Crippen LogP contribution in [-0.4, -0.2) is 38.8 Å². The maximum Gasteiger partial charge on any atom is 0.272 e. The second kappa shape index (κ2) is 5.07. The van der Waals surface area contributed by atoms with Gasteiger partial charge in [0.15, 0.2) is 0 Å². The molecule has 5 nitrogen and oxygen atoms in total. The van der Waals surface area contributed by atoms with E-state index in [0.717, 1.165) is 30.2 Å². The Balaban J connectivity index is 1.72. The Morgan fingerprint density at radius 3 is 2.95 bits per heavy atom. The van der Waals surface area contributed by atoms with E-state index in [9.17, 15) is 4.79 Å². The van der Waals surface area contributed by atoms with Gasteiger partial charge in [0.1, 0.15) is 11.5 Å². The fraction of sp³-hybridized carbons (Fsp3) is 0.400. The molecular weight excluding hydrogens is 252 g/mol. The SMILES string of the molecule is Cc1cccc(C(=O)N2CCC(c3ncc(C)[nH]3)C2)n1. The zero-order valence-electron chi connectivity index (χ0n) is 11.8. The molecule has 1 amide bonds. The van der Waals surface area contributed by atoms with Crippen molar-refractivity contribution in [1.29, 1.82) is 0 Å². The van der Waals surface area contributed by atoms with Crippen LogP contribution in [0.3, 0.4) is 0 Å². The van der Waals surface area contributed by atoms with E-state index in [1.54, 1.807) is 6.07 Å². The Kier molecular flexibility index (Phi) is 3.26. The van der Waals surface area contributed by atoms with Gasteiger partial charge in [-0.2, -0.15) is 0 Å². The average Bonchev–Trinajstić information content (AvgIpc) is 3.06. The fourth-order valence-corrected chi connectivity index (χ4v) is 2.63. The summed E-state index contributed by atoms with van der Waals surface area (Å²) in [4.78, 5) is 26.2. The number of H-pyrrole nitrogens is 1. The van der Waals surface area contributed by atoms with Crippen LogP contribution in [0, 0.1) is 13.8 Å². The van der Waals surface area contributed by atoms with Gasteiger partial charge in [-0.3, -0.25) is 4.79 Å². The molecule has 0 spiro atoms. The van der Waals surface area contributed by atoms with Gasteiger partial charge in [-0.1, -0.05) is 6.07 Å². The summed E-state index contributed by atoms with van der Waals surface area (Å²) in [5.41, 5.74) is 2.46. The van der Waals surface area contributed by atoms with E-state index in [1.807, 2.05) is 37.1 Å². The molecule has 104 valence electrons. The van der Waals surface area contributed by atoms with Crippen LogP contribution in [0.15, 0.2) is 24.4 Å². The molecule has 1 fully saturated rings. The summed E-state index contributed by atoms with van der Waals surface area (Å²) >= 11 is 0. The van der Waals surface area contributed by atoms with E-state index in [1.165, 1.54) is 0 Å². The second-order valence-electron chi connectivity index (χ2n) is 5.35. The Labute approximate surface area is 118 Å². The monoisotopic (exact) mass is 270 g/mol. The van der Waals surface area contributed by atoms with Gasteiger partial charge in [0.2, 0.25) is 0 Å². The highest BCUT2D eigenvalue weighted by Gasteiger charge is 2.30. The predicted molar refractivity (Wildman–Crippen MR) is 75.6 cm³/mol. The van der Waals surface area contributed by atoms with Crippen LogP contribution >= 0.6 is 0 Å². The van der Waals surface area contributed by atoms with E-state index in [4.69, 9.17) is 0 Å². The van der Waals surface area contributed by atoms with Crippen LogP contribution in [-0.2, 0) is 0 Å². The van der Waals surface area contributed by atoms with E-state index < -0.39 is 0 Å². The summed E-state index contributed by atoms with van der Waals surface area (Å²) in [7, 11) is 0. The Bertz CT molecular complexity index is 634. The lowest BCUT2D eigenvalue weighted by atomic mass is 10.1. The van der Waals surface area contributed by atoms with Crippen molar-refractivity contribution in [2.75, 3.05) is 13.1 Å². The molecule has 0 aliphatic carbocycles. The number of hydrogen-bond acceptors (Lipinski definition) is 3. The molecule has 1 aliphatic rings. The molecule has 1 atom stereocenters. The van der Waals surface area contributed by atoms with Gasteiger partial charge in [-0.15, -0.1) is 0 Å². The van der Waals surface area contributed by atoms with E-state index >= 15 is 0 Å². The minimum Gasteiger partial charge on any atom is -0.346 e. The Morgan fingerprint density at radius 2 is 2.25 bits per heavy atom. The van der Waals surface area contributed by atoms with Crippen LogP contribution < -0.4 is 0 Å². The van der Waals surface area contributed by atoms with Crippen molar-refractivity contribution in [2.45, 2.75) is 26.2 Å². The first-order chi connectivity index (χ1) is 9.63. The zero-order valence-corrected chi connectivity index (χ0v) is 11.8. The first kappa shape index (κ1) is 12.8. The Morgan fingerprint density at radius 1 is 1.40 bits per heavy atom. The van der Waals surface area contributed by atoms with E-state index in [-0.39, 0.29) is 5.91 Å². The number of amides is 1. The summed E-state index contributed by atoms with van der Waals surface area (Å²) in [6, 6.07) is 5.55. The summed E-state index contributed by atoms with van der Waals surface area (Å²) in [5, 5.41) is 0. The third kappa shape index (κ3) is 2.43. The summed E-state index contributed by atoms with van der Waals surface area (Å²) < 4.78 is 0. The average molecular weight is 270 g/mol. The second-order valence-corrected chi connectivity index (χ2v) is 5.35. The maximum absolute atomic E-state index is 12.4. The number of rotatable bonds is 2. The van der Waals surface area contributed by atoms with Crippen molar-refractivity contribution in [3.8, 4) is 0 Å². The van der Waals surface area contributed by atoms with Crippen LogP contribution in [0.1, 0.15) is 40.0 Å². The number of nitrogens with zero attached hydrogens (tertiary/aromatic N) is 3. The van der Waals surface area contributed by atoms with Gasteiger partial charge >= 0.3 is 0 Å². The highest BCUT2D eigenvalue weighted by molar-refractivity contribution is 5.92. The van der Waals surface area contributed by atoms with Crippen molar-refractivity contribution in [3.63, 3.8) is 0 Å². The van der Waals surface area contributed by atoms with Crippen molar-refractivity contribution in [2.24, 2.45) is 0 Å². The molecule has 0 saturated carbocycles. The van der Waals surface area contributed by atoms with Gasteiger partial charge in [0.05, 0.1) is 0 Å². The number of carbonyl (C=O) groups is 1. The fourth-order valence-electron chi connectivity index (χ4n) is 2.63. The standard InChI is InChI=1S/C15H18N4O/c1-10-4-3-5-13(17-10)15(20)19-7-6-12(9-19)14-16-8-11(2)18-14/h3-5,8,12H,6-7,9H2,1-2H3,(H,16,18). The van der Waals surface area contributed by atoms with Gasteiger partial charge in [0.25, 0.3) is 5.91 Å². The molecule has 1 N–H and O–H groups in total. The molecule has 0 bridgehead atoms. The van der Waals surface area contributed by atoms with Gasteiger partial charge < -0.3 is 9.88 Å². The highest BCUT2D eigenvalue weighted by Crippen LogP contribution is 2.25. The molecule has 3 rings (SSSR count). The van der Waals surface area contributed by atoms with Gasteiger partial charge in [-0.05, 0) is 32.4 Å². The van der Waals surface area contributed by atoms with E-state index in [0.29, 0.717) is 18.2 Å². The predicted octanol–water partition coefficient (Wildman–Crippen LogP) is 2.05. The smallest absolute Gasteiger partial charge is 0.272 e. The van der Waals surface area contributed by atoms with Crippen LogP contribution in [0.2, 0.25) is 0 Å². The molecular formula is C15H18N4O. The van der Waals surface area contributed by atoms with E-state index in [2.05, 4.69) is 15.0 Å². The van der Waals surface area contributed by atoms with Crippen molar-refractivity contribution >= 4 is 5.91 Å². The summed E-state index contributed by atoms with van der Waals surface area (Å²) in [6.45, 7) is 5.36. The first-order valence-electron chi connectivity index (χ1n) is 6.88. The summed E-state index contributed by atoms with van der Waals surface area (Å²) in [6.07, 6.45) is 2.78. The minimum absolute atomic E-state index is 0.0134. The van der Waals surface area contributed by atoms with Crippen molar-refractivity contribution < 1.29 is 4.79 Å². The number of pyridine rings is 1. The number of nitrogens with one attached hydrogen (secondary N) is 1. The minimum atomic E-state index is 0.0134. The number of imidazole rings is 1. The van der Waals surface area contributed by atoms with Gasteiger partial charge in [-0.25, -0.2) is 9.97 Å². The molecule has 1 unspecified atom stereocenters. The number of aromatic amines is 1. The largest absolute Gasteiger partial charge is 0.346 e. The molecule has 1 saturated heterocycles. The lowest BCUT2D eigenvalue weighted by Gasteiger charge is -2.15. The number of hydrogen-bond donors (Lipinski definition) is 1. The first-order valence-corrected chi connectivity index (χ1v) is 6.88.